The fourth-order valence-electron chi connectivity index (χ4n) is 1.92. The highest BCUT2D eigenvalue weighted by Crippen LogP contribution is 2.28. The maximum atomic E-state index is 11.5. The van der Waals surface area contributed by atoms with E-state index in [9.17, 15) is 4.79 Å². The van der Waals surface area contributed by atoms with Crippen LogP contribution in [0, 0.1) is 0 Å². The Morgan fingerprint density at radius 1 is 1.33 bits per heavy atom. The van der Waals surface area contributed by atoms with Gasteiger partial charge in [0.1, 0.15) is 0 Å². The molecule has 21 heavy (non-hydrogen) atoms. The third-order valence-corrected chi connectivity index (χ3v) is 3.11. The molecule has 1 aromatic carbocycles. The number of carbonyl (C=O) groups excluding carboxylic acids is 1. The second-order valence-corrected chi connectivity index (χ2v) is 5.47. The highest BCUT2D eigenvalue weighted by molar-refractivity contribution is 5.71. The lowest BCUT2D eigenvalue weighted by Crippen LogP contribution is -2.19. The van der Waals surface area contributed by atoms with E-state index in [1.165, 1.54) is 12.8 Å². The van der Waals surface area contributed by atoms with Gasteiger partial charge in [0, 0.05) is 12.6 Å². The van der Waals surface area contributed by atoms with Crippen LogP contribution in [0.25, 0.3) is 0 Å². The fourth-order valence-corrected chi connectivity index (χ4v) is 1.92. The molecular formula is C16H23NO4. The molecule has 0 atom stereocenters. The summed E-state index contributed by atoms with van der Waals surface area (Å²) in [5.74, 6) is 0.794. The molecule has 0 saturated heterocycles. The molecular weight excluding hydrogens is 270 g/mol. The van der Waals surface area contributed by atoms with Gasteiger partial charge in [-0.2, -0.15) is 0 Å². The van der Waals surface area contributed by atoms with E-state index in [-0.39, 0.29) is 18.7 Å². The van der Waals surface area contributed by atoms with Crippen molar-refractivity contribution in [3.63, 3.8) is 0 Å². The average molecular weight is 293 g/mol. The molecule has 0 amide bonds. The molecule has 1 N–H and O–H groups in total. The Morgan fingerprint density at radius 3 is 2.71 bits per heavy atom. The predicted molar refractivity (Wildman–Crippen MR) is 79.6 cm³/mol. The minimum absolute atomic E-state index is 0.117. The molecule has 0 unspecified atom stereocenters. The van der Waals surface area contributed by atoms with Crippen molar-refractivity contribution in [1.82, 2.24) is 5.32 Å². The summed E-state index contributed by atoms with van der Waals surface area (Å²) in [4.78, 5) is 11.5. The van der Waals surface area contributed by atoms with Gasteiger partial charge in [0.25, 0.3) is 0 Å². The third-order valence-electron chi connectivity index (χ3n) is 3.11. The summed E-state index contributed by atoms with van der Waals surface area (Å²) < 4.78 is 15.8. The lowest BCUT2D eigenvalue weighted by Gasteiger charge is -2.13. The molecule has 0 aromatic heterocycles. The van der Waals surface area contributed by atoms with E-state index < -0.39 is 0 Å². The van der Waals surface area contributed by atoms with Crippen molar-refractivity contribution >= 4 is 5.97 Å². The van der Waals surface area contributed by atoms with Crippen LogP contribution in [0.1, 0.15) is 32.3 Å². The van der Waals surface area contributed by atoms with E-state index in [0.29, 0.717) is 17.5 Å². The molecule has 5 nitrogen and oxygen atoms in total. The Hall–Kier alpha value is -1.75. The number of benzene rings is 1. The van der Waals surface area contributed by atoms with Gasteiger partial charge in [-0.1, -0.05) is 6.07 Å². The van der Waals surface area contributed by atoms with Crippen molar-refractivity contribution in [3.8, 4) is 11.5 Å². The topological polar surface area (TPSA) is 56.8 Å². The molecule has 2 rings (SSSR count). The van der Waals surface area contributed by atoms with Crippen LogP contribution in [0.5, 0.6) is 11.5 Å². The highest BCUT2D eigenvalue weighted by Gasteiger charge is 2.20. The van der Waals surface area contributed by atoms with Gasteiger partial charge >= 0.3 is 5.97 Å². The van der Waals surface area contributed by atoms with Crippen molar-refractivity contribution in [1.29, 1.82) is 0 Å². The number of rotatable bonds is 8. The maximum Gasteiger partial charge on any atom is 0.344 e. The fraction of sp³-hybridized carbons (Fsp3) is 0.562. The SMILES string of the molecule is COc1cc(CNC2CC2)ccc1OCC(=O)OC(C)C. The van der Waals surface area contributed by atoms with Crippen LogP contribution >= 0.6 is 0 Å². The first kappa shape index (κ1) is 15.6. The Morgan fingerprint density at radius 2 is 2.10 bits per heavy atom. The van der Waals surface area contributed by atoms with Gasteiger partial charge in [-0.15, -0.1) is 0 Å². The van der Waals surface area contributed by atoms with Crippen molar-refractivity contribution in [2.75, 3.05) is 13.7 Å². The molecule has 1 aromatic rings. The van der Waals surface area contributed by atoms with Gasteiger partial charge in [-0.3, -0.25) is 0 Å². The van der Waals surface area contributed by atoms with Gasteiger partial charge in [0.2, 0.25) is 0 Å². The van der Waals surface area contributed by atoms with Gasteiger partial charge in [0.15, 0.2) is 18.1 Å². The number of hydrogen-bond acceptors (Lipinski definition) is 5. The molecule has 1 aliphatic rings. The monoisotopic (exact) mass is 293 g/mol. The quantitative estimate of drug-likeness (QED) is 0.745. The van der Waals surface area contributed by atoms with Crippen LogP contribution in [-0.4, -0.2) is 31.8 Å². The molecule has 0 aliphatic heterocycles. The minimum atomic E-state index is -0.383. The lowest BCUT2D eigenvalue weighted by molar-refractivity contribution is -0.149. The van der Waals surface area contributed by atoms with Crippen LogP contribution in [0.4, 0.5) is 0 Å². The molecule has 0 spiro atoms. The van der Waals surface area contributed by atoms with Crippen LogP contribution < -0.4 is 14.8 Å². The number of methoxy groups -OCH3 is 1. The Labute approximate surface area is 125 Å². The maximum absolute atomic E-state index is 11.5. The summed E-state index contributed by atoms with van der Waals surface area (Å²) in [5.41, 5.74) is 1.14. The largest absolute Gasteiger partial charge is 0.493 e. The predicted octanol–water partition coefficient (Wildman–Crippen LogP) is 2.28. The molecule has 116 valence electrons. The molecule has 0 bridgehead atoms. The summed E-state index contributed by atoms with van der Waals surface area (Å²) in [5, 5.41) is 3.44. The zero-order chi connectivity index (χ0) is 15.2. The van der Waals surface area contributed by atoms with Crippen molar-refractivity contribution in [3.05, 3.63) is 23.8 Å². The number of carbonyl (C=O) groups is 1. The van der Waals surface area contributed by atoms with Crippen LogP contribution in [0.3, 0.4) is 0 Å². The molecule has 1 fully saturated rings. The normalized spacial score (nSPS) is 14.1. The summed E-state index contributed by atoms with van der Waals surface area (Å²) in [6, 6.07) is 6.39. The van der Waals surface area contributed by atoms with Gasteiger partial charge in [-0.25, -0.2) is 4.79 Å². The van der Waals surface area contributed by atoms with Crippen LogP contribution in [-0.2, 0) is 16.1 Å². The van der Waals surface area contributed by atoms with E-state index in [2.05, 4.69) is 5.32 Å². The van der Waals surface area contributed by atoms with E-state index >= 15 is 0 Å². The van der Waals surface area contributed by atoms with Crippen molar-refractivity contribution in [2.24, 2.45) is 0 Å². The molecule has 5 heteroatoms. The molecule has 0 heterocycles. The smallest absolute Gasteiger partial charge is 0.344 e. The Balaban J connectivity index is 1.90. The highest BCUT2D eigenvalue weighted by atomic mass is 16.6. The van der Waals surface area contributed by atoms with E-state index in [0.717, 1.165) is 12.1 Å². The first-order valence-corrected chi connectivity index (χ1v) is 7.31. The number of nitrogens with one attached hydrogen (secondary N) is 1. The summed E-state index contributed by atoms with van der Waals surface area (Å²) in [6.45, 7) is 4.31. The summed E-state index contributed by atoms with van der Waals surface area (Å²) >= 11 is 0. The van der Waals surface area contributed by atoms with E-state index in [1.54, 1.807) is 21.0 Å². The lowest BCUT2D eigenvalue weighted by atomic mass is 10.2. The molecule has 0 radical (unpaired) electrons. The Bertz CT molecular complexity index is 483. The number of hydrogen-bond donors (Lipinski definition) is 1. The van der Waals surface area contributed by atoms with Crippen molar-refractivity contribution in [2.45, 2.75) is 45.4 Å². The van der Waals surface area contributed by atoms with Crippen molar-refractivity contribution < 1.29 is 19.0 Å². The first-order chi connectivity index (χ1) is 10.1. The zero-order valence-electron chi connectivity index (χ0n) is 12.8. The second-order valence-electron chi connectivity index (χ2n) is 5.47. The zero-order valence-corrected chi connectivity index (χ0v) is 12.8. The van der Waals surface area contributed by atoms with Crippen LogP contribution in [0.2, 0.25) is 0 Å². The Kier molecular flexibility index (Phi) is 5.44. The van der Waals surface area contributed by atoms with Gasteiger partial charge in [0.05, 0.1) is 13.2 Å². The summed E-state index contributed by atoms with van der Waals surface area (Å²) in [6.07, 6.45) is 2.38. The van der Waals surface area contributed by atoms with Crippen LogP contribution in [0.15, 0.2) is 18.2 Å². The second kappa shape index (κ2) is 7.31. The standard InChI is InChI=1S/C16H23NO4/c1-11(2)21-16(18)10-20-14-7-4-12(8-15(14)19-3)9-17-13-5-6-13/h4,7-8,11,13,17H,5-6,9-10H2,1-3H3. The van der Waals surface area contributed by atoms with Gasteiger partial charge in [-0.05, 0) is 44.4 Å². The summed E-state index contributed by atoms with van der Waals surface area (Å²) in [7, 11) is 1.59. The minimum Gasteiger partial charge on any atom is -0.493 e. The van der Waals surface area contributed by atoms with E-state index in [1.807, 2.05) is 18.2 Å². The third kappa shape index (κ3) is 5.27. The average Bonchev–Trinajstić information content (AvgIpc) is 3.26. The van der Waals surface area contributed by atoms with Gasteiger partial charge < -0.3 is 19.5 Å². The molecule has 1 saturated carbocycles. The van der Waals surface area contributed by atoms with E-state index in [4.69, 9.17) is 14.2 Å². The number of ether oxygens (including phenoxy) is 3. The first-order valence-electron chi connectivity index (χ1n) is 7.31. The number of esters is 1. The molecule has 1 aliphatic carbocycles.